The zero-order chi connectivity index (χ0) is 14.8. The Morgan fingerprint density at radius 2 is 1.71 bits per heavy atom. The van der Waals surface area contributed by atoms with Gasteiger partial charge in [-0.3, -0.25) is 0 Å². The van der Waals surface area contributed by atoms with Gasteiger partial charge in [0, 0.05) is 6.04 Å². The maximum Gasteiger partial charge on any atom is 0.00683 e. The first-order valence-corrected chi connectivity index (χ1v) is 9.15. The second-order valence-electron chi connectivity index (χ2n) is 6.79. The molecule has 0 heterocycles. The first kappa shape index (κ1) is 16.5. The van der Waals surface area contributed by atoms with Gasteiger partial charge in [0.2, 0.25) is 0 Å². The second-order valence-corrected chi connectivity index (χ2v) is 6.79. The fourth-order valence-electron chi connectivity index (χ4n) is 3.06. The first-order chi connectivity index (χ1) is 10.4. The molecule has 1 aromatic rings. The van der Waals surface area contributed by atoms with Crippen LogP contribution < -0.4 is 5.32 Å². The Morgan fingerprint density at radius 3 is 2.43 bits per heavy atom. The zero-order valence-corrected chi connectivity index (χ0v) is 13.8. The van der Waals surface area contributed by atoms with Crippen molar-refractivity contribution in [1.29, 1.82) is 0 Å². The van der Waals surface area contributed by atoms with Gasteiger partial charge in [0.25, 0.3) is 0 Å². The molecule has 0 saturated heterocycles. The summed E-state index contributed by atoms with van der Waals surface area (Å²) in [5, 5.41) is 3.74. The highest BCUT2D eigenvalue weighted by Crippen LogP contribution is 2.21. The Labute approximate surface area is 131 Å². The summed E-state index contributed by atoms with van der Waals surface area (Å²) in [6.45, 7) is 3.51. The Bertz CT molecular complexity index is 355. The number of benzene rings is 1. The van der Waals surface area contributed by atoms with E-state index in [1.807, 2.05) is 0 Å². The van der Waals surface area contributed by atoms with Crippen LogP contribution in [0.2, 0.25) is 0 Å². The molecule has 1 fully saturated rings. The quantitative estimate of drug-likeness (QED) is 0.511. The number of nitrogens with one attached hydrogen (secondary N) is 1. The smallest absolute Gasteiger partial charge is 0.00683 e. The van der Waals surface area contributed by atoms with Crippen molar-refractivity contribution < 1.29 is 0 Å². The molecule has 0 aliphatic heterocycles. The Morgan fingerprint density at radius 1 is 1.00 bits per heavy atom. The van der Waals surface area contributed by atoms with Gasteiger partial charge in [-0.15, -0.1) is 0 Å². The lowest BCUT2D eigenvalue weighted by molar-refractivity contribution is 0.418. The standard InChI is InChI=1S/C20H33N/c1-2-3-4-5-6-8-13-19(17-21-20-14-15-20)16-18-11-9-7-10-12-18/h7,9-12,19-21H,2-6,8,13-17H2,1H3. The number of rotatable bonds is 12. The van der Waals surface area contributed by atoms with Crippen LogP contribution in [0.25, 0.3) is 0 Å². The molecule has 1 atom stereocenters. The molecule has 1 unspecified atom stereocenters. The molecule has 0 aromatic heterocycles. The predicted octanol–water partition coefficient (Wildman–Crippen LogP) is 5.35. The fourth-order valence-corrected chi connectivity index (χ4v) is 3.06. The van der Waals surface area contributed by atoms with Gasteiger partial charge in [0.15, 0.2) is 0 Å². The van der Waals surface area contributed by atoms with Gasteiger partial charge < -0.3 is 5.32 Å². The Hall–Kier alpha value is -0.820. The molecule has 0 bridgehead atoms. The summed E-state index contributed by atoms with van der Waals surface area (Å²) in [6, 6.07) is 11.9. The number of hydrogen-bond acceptors (Lipinski definition) is 1. The zero-order valence-electron chi connectivity index (χ0n) is 13.8. The highest BCUT2D eigenvalue weighted by molar-refractivity contribution is 5.15. The van der Waals surface area contributed by atoms with Crippen LogP contribution in [0.4, 0.5) is 0 Å². The molecule has 21 heavy (non-hydrogen) atoms. The third-order valence-electron chi connectivity index (χ3n) is 4.61. The molecule has 1 heteroatoms. The molecule has 2 rings (SSSR count). The van der Waals surface area contributed by atoms with Crippen LogP contribution in [0.15, 0.2) is 30.3 Å². The van der Waals surface area contributed by atoms with Crippen LogP contribution in [0.1, 0.15) is 70.3 Å². The minimum absolute atomic E-state index is 0.819. The van der Waals surface area contributed by atoms with Crippen LogP contribution in [0.3, 0.4) is 0 Å². The predicted molar refractivity (Wildman–Crippen MR) is 92.7 cm³/mol. The summed E-state index contributed by atoms with van der Waals surface area (Å²) in [6.07, 6.45) is 13.9. The minimum Gasteiger partial charge on any atom is -0.314 e. The summed E-state index contributed by atoms with van der Waals surface area (Å²) < 4.78 is 0. The molecular weight excluding hydrogens is 254 g/mol. The summed E-state index contributed by atoms with van der Waals surface area (Å²) in [7, 11) is 0. The average molecular weight is 287 g/mol. The van der Waals surface area contributed by atoms with Gasteiger partial charge in [-0.1, -0.05) is 75.8 Å². The largest absolute Gasteiger partial charge is 0.314 e. The summed E-state index contributed by atoms with van der Waals surface area (Å²) in [4.78, 5) is 0. The molecule has 118 valence electrons. The lowest BCUT2D eigenvalue weighted by atomic mass is 9.93. The van der Waals surface area contributed by atoms with E-state index in [2.05, 4.69) is 42.6 Å². The lowest BCUT2D eigenvalue weighted by Gasteiger charge is -2.18. The van der Waals surface area contributed by atoms with Crippen LogP contribution in [-0.2, 0) is 6.42 Å². The van der Waals surface area contributed by atoms with Crippen molar-refractivity contribution in [2.24, 2.45) is 5.92 Å². The molecule has 1 nitrogen and oxygen atoms in total. The SMILES string of the molecule is CCCCCCCCC(CNC1CC1)Cc1ccccc1. The van der Waals surface area contributed by atoms with E-state index in [-0.39, 0.29) is 0 Å². The van der Waals surface area contributed by atoms with E-state index in [0.29, 0.717) is 0 Å². The molecule has 1 N–H and O–H groups in total. The molecule has 0 spiro atoms. The van der Waals surface area contributed by atoms with E-state index in [9.17, 15) is 0 Å². The maximum absolute atomic E-state index is 3.74. The lowest BCUT2D eigenvalue weighted by Crippen LogP contribution is -2.26. The molecule has 1 aliphatic carbocycles. The number of hydrogen-bond donors (Lipinski definition) is 1. The first-order valence-electron chi connectivity index (χ1n) is 9.15. The fraction of sp³-hybridized carbons (Fsp3) is 0.700. The van der Waals surface area contributed by atoms with Crippen LogP contribution in [0, 0.1) is 5.92 Å². The van der Waals surface area contributed by atoms with Crippen LogP contribution >= 0.6 is 0 Å². The minimum atomic E-state index is 0.819. The van der Waals surface area contributed by atoms with Crippen LogP contribution in [-0.4, -0.2) is 12.6 Å². The summed E-state index contributed by atoms with van der Waals surface area (Å²) >= 11 is 0. The highest BCUT2D eigenvalue weighted by Gasteiger charge is 2.21. The Kier molecular flexibility index (Phi) is 7.88. The van der Waals surface area contributed by atoms with Crippen molar-refractivity contribution in [3.8, 4) is 0 Å². The van der Waals surface area contributed by atoms with Crippen molar-refractivity contribution in [1.82, 2.24) is 5.32 Å². The van der Waals surface area contributed by atoms with Crippen molar-refractivity contribution in [2.45, 2.75) is 77.2 Å². The molecule has 1 saturated carbocycles. The third-order valence-corrected chi connectivity index (χ3v) is 4.61. The van der Waals surface area contributed by atoms with Gasteiger partial charge in [0.05, 0.1) is 0 Å². The van der Waals surface area contributed by atoms with E-state index in [1.54, 1.807) is 0 Å². The Balaban J connectivity index is 1.67. The van der Waals surface area contributed by atoms with Crippen molar-refractivity contribution in [3.63, 3.8) is 0 Å². The van der Waals surface area contributed by atoms with E-state index in [0.717, 1.165) is 12.0 Å². The average Bonchev–Trinajstić information content (AvgIpc) is 3.33. The van der Waals surface area contributed by atoms with Crippen molar-refractivity contribution in [2.75, 3.05) is 6.54 Å². The van der Waals surface area contributed by atoms with E-state index < -0.39 is 0 Å². The monoisotopic (exact) mass is 287 g/mol. The molecule has 0 amide bonds. The molecule has 1 aliphatic rings. The van der Waals surface area contributed by atoms with Gasteiger partial charge >= 0.3 is 0 Å². The second kappa shape index (κ2) is 10.00. The molecule has 1 aromatic carbocycles. The van der Waals surface area contributed by atoms with Crippen molar-refractivity contribution >= 4 is 0 Å². The highest BCUT2D eigenvalue weighted by atomic mass is 14.9. The third kappa shape index (κ3) is 7.66. The molecule has 0 radical (unpaired) electrons. The summed E-state index contributed by atoms with van der Waals surface area (Å²) in [5.41, 5.74) is 1.51. The maximum atomic E-state index is 3.74. The van der Waals surface area contributed by atoms with Crippen LogP contribution in [0.5, 0.6) is 0 Å². The van der Waals surface area contributed by atoms with E-state index >= 15 is 0 Å². The van der Waals surface area contributed by atoms with Gasteiger partial charge in [-0.25, -0.2) is 0 Å². The van der Waals surface area contributed by atoms with Gasteiger partial charge in [-0.2, -0.15) is 0 Å². The molecular formula is C20H33N. The van der Waals surface area contributed by atoms with E-state index in [4.69, 9.17) is 0 Å². The van der Waals surface area contributed by atoms with Gasteiger partial charge in [0.1, 0.15) is 0 Å². The van der Waals surface area contributed by atoms with Gasteiger partial charge in [-0.05, 0) is 43.7 Å². The normalized spacial score (nSPS) is 16.0. The topological polar surface area (TPSA) is 12.0 Å². The van der Waals surface area contributed by atoms with E-state index in [1.165, 1.54) is 76.3 Å². The number of unbranched alkanes of at least 4 members (excludes halogenated alkanes) is 5. The van der Waals surface area contributed by atoms with Crippen molar-refractivity contribution in [3.05, 3.63) is 35.9 Å². The summed E-state index contributed by atoms with van der Waals surface area (Å²) in [5.74, 6) is 0.819.